The summed E-state index contributed by atoms with van der Waals surface area (Å²) in [6, 6.07) is 0. The maximum Gasteiger partial charge on any atom is 0.224 e. The highest BCUT2D eigenvalue weighted by atomic mass is 16.2. The van der Waals surface area contributed by atoms with Crippen molar-refractivity contribution in [2.75, 3.05) is 6.54 Å². The molecule has 22 heavy (non-hydrogen) atoms. The first-order valence-electron chi connectivity index (χ1n) is 8.83. The number of nitrogens with one attached hydrogen (secondary N) is 1. The summed E-state index contributed by atoms with van der Waals surface area (Å²) in [7, 11) is 0. The average molecular weight is 306 g/mol. The van der Waals surface area contributed by atoms with Crippen molar-refractivity contribution >= 4 is 11.8 Å². The van der Waals surface area contributed by atoms with Crippen LogP contribution in [0.5, 0.6) is 0 Å². The number of unbranched alkanes of at least 4 members (excludes halogenated alkanes) is 2. The molecular formula is C18H30N2O2. The topological polar surface area (TPSA) is 72.2 Å². The van der Waals surface area contributed by atoms with Crippen LogP contribution in [0, 0.1) is 29.6 Å². The first-order valence-corrected chi connectivity index (χ1v) is 8.83. The molecule has 2 aliphatic carbocycles. The average Bonchev–Trinajstić information content (AvgIpc) is 3.11. The van der Waals surface area contributed by atoms with Crippen molar-refractivity contribution < 1.29 is 9.59 Å². The van der Waals surface area contributed by atoms with Gasteiger partial charge in [-0.15, -0.1) is 0 Å². The first kappa shape index (κ1) is 17.0. The number of hydrogen-bond acceptors (Lipinski definition) is 2. The summed E-state index contributed by atoms with van der Waals surface area (Å²) in [5, 5.41) is 3.09. The van der Waals surface area contributed by atoms with Gasteiger partial charge in [-0.2, -0.15) is 0 Å². The van der Waals surface area contributed by atoms with E-state index in [1.165, 1.54) is 25.7 Å². The van der Waals surface area contributed by atoms with E-state index in [1.54, 1.807) is 0 Å². The van der Waals surface area contributed by atoms with Crippen LogP contribution in [0.4, 0.5) is 0 Å². The van der Waals surface area contributed by atoms with Crippen molar-refractivity contribution in [1.29, 1.82) is 0 Å². The Morgan fingerprint density at radius 3 is 2.45 bits per heavy atom. The van der Waals surface area contributed by atoms with Crippen molar-refractivity contribution in [2.45, 2.75) is 52.4 Å². The molecule has 2 aliphatic rings. The maximum atomic E-state index is 12.5. The summed E-state index contributed by atoms with van der Waals surface area (Å²) in [6.07, 6.45) is 11.0. The van der Waals surface area contributed by atoms with Crippen molar-refractivity contribution in [3.05, 3.63) is 12.2 Å². The van der Waals surface area contributed by atoms with Crippen LogP contribution in [0.1, 0.15) is 52.4 Å². The van der Waals surface area contributed by atoms with Crippen LogP contribution in [0.2, 0.25) is 0 Å². The quantitative estimate of drug-likeness (QED) is 0.508. The molecule has 124 valence electrons. The van der Waals surface area contributed by atoms with E-state index < -0.39 is 0 Å². The van der Waals surface area contributed by atoms with Gasteiger partial charge in [0, 0.05) is 6.54 Å². The minimum Gasteiger partial charge on any atom is -0.369 e. The Bertz CT molecular complexity index is 433. The van der Waals surface area contributed by atoms with Crippen LogP contribution in [0.3, 0.4) is 0 Å². The van der Waals surface area contributed by atoms with E-state index in [0.29, 0.717) is 5.92 Å². The lowest BCUT2D eigenvalue weighted by atomic mass is 9.82. The second kappa shape index (κ2) is 7.80. The fourth-order valence-electron chi connectivity index (χ4n) is 4.06. The predicted octanol–water partition coefficient (Wildman–Crippen LogP) is 2.63. The lowest BCUT2D eigenvalue weighted by Gasteiger charge is -2.25. The van der Waals surface area contributed by atoms with Gasteiger partial charge in [-0.3, -0.25) is 9.59 Å². The maximum absolute atomic E-state index is 12.5. The summed E-state index contributed by atoms with van der Waals surface area (Å²) in [5.74, 6) is 0.0431. The highest BCUT2D eigenvalue weighted by molar-refractivity contribution is 5.89. The van der Waals surface area contributed by atoms with Gasteiger partial charge in [0.2, 0.25) is 11.8 Å². The Morgan fingerprint density at radius 1 is 1.18 bits per heavy atom. The predicted molar refractivity (Wildman–Crippen MR) is 87.8 cm³/mol. The lowest BCUT2D eigenvalue weighted by Crippen LogP contribution is -2.43. The van der Waals surface area contributed by atoms with E-state index in [1.807, 2.05) is 0 Å². The molecule has 0 aromatic rings. The van der Waals surface area contributed by atoms with Crippen LogP contribution in [0.25, 0.3) is 0 Å². The van der Waals surface area contributed by atoms with Crippen molar-refractivity contribution in [2.24, 2.45) is 35.3 Å². The van der Waals surface area contributed by atoms with Crippen LogP contribution in [0.15, 0.2) is 12.2 Å². The molecule has 4 heteroatoms. The molecule has 2 bridgehead atoms. The third-order valence-corrected chi connectivity index (χ3v) is 5.45. The molecule has 0 spiro atoms. The Hall–Kier alpha value is -1.32. The van der Waals surface area contributed by atoms with Gasteiger partial charge in [0.05, 0.1) is 11.8 Å². The van der Waals surface area contributed by atoms with Gasteiger partial charge in [-0.25, -0.2) is 0 Å². The first-order chi connectivity index (χ1) is 10.6. The Balaban J connectivity index is 1.86. The number of carbonyl (C=O) groups excluding carboxylic acids is 2. The summed E-state index contributed by atoms with van der Waals surface area (Å²) in [5.41, 5.74) is 5.52. The summed E-state index contributed by atoms with van der Waals surface area (Å²) >= 11 is 0. The van der Waals surface area contributed by atoms with Gasteiger partial charge in [-0.1, -0.05) is 51.7 Å². The van der Waals surface area contributed by atoms with E-state index in [-0.39, 0.29) is 35.5 Å². The normalized spacial score (nSPS) is 30.5. The summed E-state index contributed by atoms with van der Waals surface area (Å²) in [6.45, 7) is 5.10. The molecular weight excluding hydrogens is 276 g/mol. The minimum absolute atomic E-state index is 0.0228. The van der Waals surface area contributed by atoms with Crippen LogP contribution < -0.4 is 11.1 Å². The lowest BCUT2D eigenvalue weighted by molar-refractivity contribution is -0.133. The van der Waals surface area contributed by atoms with Gasteiger partial charge in [0.25, 0.3) is 0 Å². The summed E-state index contributed by atoms with van der Waals surface area (Å²) in [4.78, 5) is 24.2. The molecule has 5 unspecified atom stereocenters. The Morgan fingerprint density at radius 2 is 1.86 bits per heavy atom. The number of primary amides is 1. The van der Waals surface area contributed by atoms with E-state index >= 15 is 0 Å². The zero-order valence-electron chi connectivity index (χ0n) is 13.9. The van der Waals surface area contributed by atoms with Crippen molar-refractivity contribution in [3.8, 4) is 0 Å². The highest BCUT2D eigenvalue weighted by Crippen LogP contribution is 2.47. The molecule has 1 fully saturated rings. The molecule has 4 nitrogen and oxygen atoms in total. The molecule has 0 saturated heterocycles. The third kappa shape index (κ3) is 3.71. The molecule has 0 radical (unpaired) electrons. The number of fused-ring (bicyclic) bond motifs is 2. The molecule has 5 atom stereocenters. The molecule has 1 saturated carbocycles. The van der Waals surface area contributed by atoms with Gasteiger partial charge < -0.3 is 11.1 Å². The van der Waals surface area contributed by atoms with Crippen molar-refractivity contribution in [1.82, 2.24) is 5.32 Å². The van der Waals surface area contributed by atoms with Crippen molar-refractivity contribution in [3.63, 3.8) is 0 Å². The molecule has 0 aromatic heterocycles. The SMILES string of the molecule is CCCCCC(CC)CNC(=O)C1C2C=CC(C2)C1C(N)=O. The third-order valence-electron chi connectivity index (χ3n) is 5.45. The number of amides is 2. The highest BCUT2D eigenvalue weighted by Gasteiger charge is 2.50. The van der Waals surface area contributed by atoms with Gasteiger partial charge in [-0.05, 0) is 30.6 Å². The van der Waals surface area contributed by atoms with Crippen LogP contribution in [-0.2, 0) is 9.59 Å². The molecule has 0 heterocycles. The fourth-order valence-corrected chi connectivity index (χ4v) is 4.06. The minimum atomic E-state index is -0.327. The smallest absolute Gasteiger partial charge is 0.224 e. The monoisotopic (exact) mass is 306 g/mol. The zero-order chi connectivity index (χ0) is 16.1. The number of carbonyl (C=O) groups is 2. The number of nitrogens with two attached hydrogens (primary N) is 1. The van der Waals surface area contributed by atoms with E-state index in [0.717, 1.165) is 19.4 Å². The number of allylic oxidation sites excluding steroid dienone is 2. The second-order valence-corrected chi connectivity index (χ2v) is 6.92. The Labute approximate surface area is 133 Å². The molecule has 3 N–H and O–H groups in total. The largest absolute Gasteiger partial charge is 0.369 e. The van der Waals surface area contributed by atoms with Gasteiger partial charge >= 0.3 is 0 Å². The zero-order valence-corrected chi connectivity index (χ0v) is 13.9. The molecule has 0 aromatic carbocycles. The molecule has 2 amide bonds. The van der Waals surface area contributed by atoms with E-state index in [9.17, 15) is 9.59 Å². The van der Waals surface area contributed by atoms with Crippen LogP contribution in [-0.4, -0.2) is 18.4 Å². The summed E-state index contributed by atoms with van der Waals surface area (Å²) < 4.78 is 0. The van der Waals surface area contributed by atoms with Crippen LogP contribution >= 0.6 is 0 Å². The van der Waals surface area contributed by atoms with E-state index in [2.05, 4.69) is 31.3 Å². The standard InChI is InChI=1S/C18H30N2O2/c1-3-5-6-7-12(4-2)11-20-18(22)16-14-9-8-13(10-14)15(16)17(19)21/h8-9,12-16H,3-7,10-11H2,1-2H3,(H2,19,21)(H,20,22). The van der Waals surface area contributed by atoms with Gasteiger partial charge in [0.1, 0.15) is 0 Å². The van der Waals surface area contributed by atoms with E-state index in [4.69, 9.17) is 5.73 Å². The second-order valence-electron chi connectivity index (χ2n) is 6.92. The molecule has 0 aliphatic heterocycles. The number of hydrogen-bond donors (Lipinski definition) is 2. The number of rotatable bonds is 9. The fraction of sp³-hybridized carbons (Fsp3) is 0.778. The van der Waals surface area contributed by atoms with Gasteiger partial charge in [0.15, 0.2) is 0 Å². The molecule has 2 rings (SSSR count). The Kier molecular flexibility index (Phi) is 6.04.